The highest BCUT2D eigenvalue weighted by Gasteiger charge is 2.34. The van der Waals surface area contributed by atoms with Crippen LogP contribution in [0, 0.1) is 19.8 Å². The predicted molar refractivity (Wildman–Crippen MR) is 98.1 cm³/mol. The molecule has 146 valence electrons. The SMILES string of the molecule is Cc1ccc(C)c2c1=CC(CCNC(=O)c1ccccc1C(F)(F)F)C(=O)N=2. The fraction of sp³-hybridized carbons (Fsp3) is 0.286. The summed E-state index contributed by atoms with van der Waals surface area (Å²) in [6.45, 7) is 3.86. The van der Waals surface area contributed by atoms with Crippen LogP contribution < -0.4 is 15.9 Å². The number of aryl methyl sites for hydroxylation is 2. The number of benzene rings is 2. The van der Waals surface area contributed by atoms with Gasteiger partial charge in [-0.05, 0) is 43.5 Å². The molecule has 2 aromatic carbocycles. The standard InChI is InChI=1S/C21H19F3N2O2/c1-12-7-8-13(2)18-16(12)11-14(19(27)26-18)9-10-25-20(28)15-5-3-4-6-17(15)21(22,23)24/h3-8,11,14H,9-10H2,1-2H3,(H,25,28). The maximum Gasteiger partial charge on any atom is 0.417 e. The Hall–Kier alpha value is -2.96. The van der Waals surface area contributed by atoms with Gasteiger partial charge in [0.1, 0.15) is 0 Å². The van der Waals surface area contributed by atoms with E-state index >= 15 is 0 Å². The van der Waals surface area contributed by atoms with Gasteiger partial charge < -0.3 is 5.32 Å². The maximum absolute atomic E-state index is 13.0. The molecule has 0 fully saturated rings. The van der Waals surface area contributed by atoms with E-state index in [9.17, 15) is 22.8 Å². The van der Waals surface area contributed by atoms with E-state index in [1.807, 2.05) is 32.1 Å². The molecule has 4 nitrogen and oxygen atoms in total. The van der Waals surface area contributed by atoms with Crippen molar-refractivity contribution < 1.29 is 22.8 Å². The number of hydrogen-bond acceptors (Lipinski definition) is 2. The van der Waals surface area contributed by atoms with Gasteiger partial charge in [-0.2, -0.15) is 13.2 Å². The van der Waals surface area contributed by atoms with Gasteiger partial charge in [-0.15, -0.1) is 0 Å². The van der Waals surface area contributed by atoms with Crippen molar-refractivity contribution in [2.45, 2.75) is 26.4 Å². The molecule has 0 saturated carbocycles. The molecule has 2 amide bonds. The first kappa shape index (κ1) is 19.8. The van der Waals surface area contributed by atoms with Crippen molar-refractivity contribution in [3.05, 3.63) is 69.2 Å². The Morgan fingerprint density at radius 2 is 1.79 bits per heavy atom. The topological polar surface area (TPSA) is 58.5 Å². The summed E-state index contributed by atoms with van der Waals surface area (Å²) >= 11 is 0. The lowest BCUT2D eigenvalue weighted by molar-refractivity contribution is -0.138. The lowest BCUT2D eigenvalue weighted by Gasteiger charge is -2.15. The Bertz CT molecular complexity index is 1060. The number of rotatable bonds is 4. The number of nitrogens with zero attached hydrogens (tertiary/aromatic N) is 1. The first-order valence-electron chi connectivity index (χ1n) is 8.83. The number of nitrogens with one attached hydrogen (secondary N) is 1. The van der Waals surface area contributed by atoms with Crippen molar-refractivity contribution in [3.8, 4) is 0 Å². The highest BCUT2D eigenvalue weighted by molar-refractivity contribution is 5.96. The van der Waals surface area contributed by atoms with Gasteiger partial charge in [-0.3, -0.25) is 9.59 Å². The van der Waals surface area contributed by atoms with Crippen molar-refractivity contribution in [1.29, 1.82) is 0 Å². The van der Waals surface area contributed by atoms with E-state index in [1.165, 1.54) is 12.1 Å². The Labute approximate surface area is 159 Å². The third kappa shape index (κ3) is 3.98. The van der Waals surface area contributed by atoms with Gasteiger partial charge >= 0.3 is 6.18 Å². The number of carbonyl (C=O) groups excluding carboxylic acids is 2. The number of halogens is 3. The molecule has 2 aromatic rings. The number of fused-ring (bicyclic) bond motifs is 1. The first-order valence-corrected chi connectivity index (χ1v) is 8.83. The maximum atomic E-state index is 13.0. The minimum Gasteiger partial charge on any atom is -0.352 e. The lowest BCUT2D eigenvalue weighted by Crippen LogP contribution is -2.38. The van der Waals surface area contributed by atoms with Crippen LogP contribution in [0.25, 0.3) is 6.08 Å². The van der Waals surface area contributed by atoms with Gasteiger partial charge in [0.25, 0.3) is 11.8 Å². The Balaban J connectivity index is 1.73. The summed E-state index contributed by atoms with van der Waals surface area (Å²) < 4.78 is 39.1. The van der Waals surface area contributed by atoms with E-state index in [2.05, 4.69) is 10.3 Å². The molecule has 1 aliphatic heterocycles. The van der Waals surface area contributed by atoms with Gasteiger partial charge in [0.15, 0.2) is 0 Å². The van der Waals surface area contributed by atoms with Crippen molar-refractivity contribution >= 4 is 17.9 Å². The van der Waals surface area contributed by atoms with Crippen LogP contribution in [-0.4, -0.2) is 18.4 Å². The van der Waals surface area contributed by atoms with Crippen molar-refractivity contribution in [2.75, 3.05) is 6.54 Å². The van der Waals surface area contributed by atoms with E-state index in [0.717, 1.165) is 28.5 Å². The van der Waals surface area contributed by atoms with E-state index in [-0.39, 0.29) is 18.9 Å². The molecule has 7 heteroatoms. The summed E-state index contributed by atoms with van der Waals surface area (Å²) in [7, 11) is 0. The van der Waals surface area contributed by atoms with E-state index < -0.39 is 29.1 Å². The molecule has 1 aliphatic rings. The molecule has 3 rings (SSSR count). The van der Waals surface area contributed by atoms with Crippen LogP contribution in [0.4, 0.5) is 13.2 Å². The van der Waals surface area contributed by atoms with Crippen molar-refractivity contribution in [2.24, 2.45) is 10.9 Å². The Kier molecular flexibility index (Phi) is 5.36. The molecule has 28 heavy (non-hydrogen) atoms. The minimum atomic E-state index is -4.61. The normalized spacial score (nSPS) is 16.0. The van der Waals surface area contributed by atoms with Gasteiger partial charge in [-0.25, -0.2) is 4.99 Å². The third-order valence-electron chi connectivity index (χ3n) is 4.76. The van der Waals surface area contributed by atoms with Crippen LogP contribution in [-0.2, 0) is 11.0 Å². The number of amides is 2. The third-order valence-corrected chi connectivity index (χ3v) is 4.76. The fourth-order valence-corrected chi connectivity index (χ4v) is 3.21. The summed E-state index contributed by atoms with van der Waals surface area (Å²) in [5.41, 5.74) is 0.476. The lowest BCUT2D eigenvalue weighted by atomic mass is 9.97. The van der Waals surface area contributed by atoms with E-state index in [4.69, 9.17) is 0 Å². The molecular weight excluding hydrogens is 369 g/mol. The molecule has 1 atom stereocenters. The molecule has 0 aliphatic carbocycles. The molecule has 1 N–H and O–H groups in total. The molecule has 1 unspecified atom stereocenters. The quantitative estimate of drug-likeness (QED) is 0.876. The molecule has 1 heterocycles. The summed E-state index contributed by atoms with van der Waals surface area (Å²) in [4.78, 5) is 28.7. The van der Waals surface area contributed by atoms with Crippen LogP contribution in [0.3, 0.4) is 0 Å². The average molecular weight is 388 g/mol. The minimum absolute atomic E-state index is 0.0631. The van der Waals surface area contributed by atoms with E-state index in [1.54, 1.807) is 0 Å². The summed E-state index contributed by atoms with van der Waals surface area (Å²) in [6.07, 6.45) is -2.53. The van der Waals surface area contributed by atoms with Crippen LogP contribution in [0.5, 0.6) is 0 Å². The van der Waals surface area contributed by atoms with Gasteiger partial charge in [0, 0.05) is 11.8 Å². The summed E-state index contributed by atoms with van der Waals surface area (Å²) in [5.74, 6) is -1.65. The first-order chi connectivity index (χ1) is 13.2. The fourth-order valence-electron chi connectivity index (χ4n) is 3.21. The molecule has 0 aromatic heterocycles. The highest BCUT2D eigenvalue weighted by Crippen LogP contribution is 2.31. The Morgan fingerprint density at radius 3 is 2.50 bits per heavy atom. The largest absolute Gasteiger partial charge is 0.417 e. The molecule has 0 spiro atoms. The molecule has 0 saturated heterocycles. The van der Waals surface area contributed by atoms with Crippen LogP contribution >= 0.6 is 0 Å². The summed E-state index contributed by atoms with van der Waals surface area (Å²) in [6, 6.07) is 8.46. The average Bonchev–Trinajstić information content (AvgIpc) is 2.65. The summed E-state index contributed by atoms with van der Waals surface area (Å²) in [5, 5.41) is 4.02. The second-order valence-electron chi connectivity index (χ2n) is 6.77. The number of carbonyl (C=O) groups is 2. The number of alkyl halides is 3. The van der Waals surface area contributed by atoms with Crippen LogP contribution in [0.1, 0.15) is 33.5 Å². The molecule has 0 bridgehead atoms. The van der Waals surface area contributed by atoms with Gasteiger partial charge in [0.05, 0.1) is 22.4 Å². The predicted octanol–water partition coefficient (Wildman–Crippen LogP) is 2.70. The molecular formula is C21H19F3N2O2. The van der Waals surface area contributed by atoms with Gasteiger partial charge in [0.2, 0.25) is 0 Å². The second kappa shape index (κ2) is 7.58. The zero-order valence-electron chi connectivity index (χ0n) is 15.4. The van der Waals surface area contributed by atoms with Crippen LogP contribution in [0.2, 0.25) is 0 Å². The zero-order valence-corrected chi connectivity index (χ0v) is 15.4. The second-order valence-corrected chi connectivity index (χ2v) is 6.77. The highest BCUT2D eigenvalue weighted by atomic mass is 19.4. The number of hydrogen-bond donors (Lipinski definition) is 1. The van der Waals surface area contributed by atoms with Crippen molar-refractivity contribution in [1.82, 2.24) is 5.32 Å². The Morgan fingerprint density at radius 1 is 1.11 bits per heavy atom. The van der Waals surface area contributed by atoms with Crippen molar-refractivity contribution in [3.63, 3.8) is 0 Å². The van der Waals surface area contributed by atoms with Crippen LogP contribution in [0.15, 0.2) is 41.4 Å². The monoisotopic (exact) mass is 388 g/mol. The van der Waals surface area contributed by atoms with E-state index in [0.29, 0.717) is 5.36 Å². The smallest absolute Gasteiger partial charge is 0.352 e. The zero-order chi connectivity index (χ0) is 20.5. The van der Waals surface area contributed by atoms with Gasteiger partial charge in [-0.1, -0.05) is 30.3 Å². The molecule has 0 radical (unpaired) electrons.